The highest BCUT2D eigenvalue weighted by Gasteiger charge is 2.27. The van der Waals surface area contributed by atoms with E-state index in [9.17, 15) is 0 Å². The fraction of sp³-hybridized carbons (Fsp3) is 0.846. The van der Waals surface area contributed by atoms with Gasteiger partial charge in [0, 0.05) is 18.1 Å². The number of nitrogens with zero attached hydrogens (tertiary/aromatic N) is 1. The van der Waals surface area contributed by atoms with Gasteiger partial charge in [0.15, 0.2) is 0 Å². The van der Waals surface area contributed by atoms with E-state index in [0.29, 0.717) is 12.0 Å². The lowest BCUT2D eigenvalue weighted by Gasteiger charge is -2.42. The molecule has 0 aromatic heterocycles. The Morgan fingerprint density at radius 2 is 1.87 bits per heavy atom. The van der Waals surface area contributed by atoms with E-state index in [1.807, 2.05) is 13.1 Å². The quantitative estimate of drug-likeness (QED) is 0.681. The van der Waals surface area contributed by atoms with E-state index < -0.39 is 0 Å². The van der Waals surface area contributed by atoms with Crippen molar-refractivity contribution in [2.75, 3.05) is 20.1 Å². The topological polar surface area (TPSA) is 15.3 Å². The zero-order chi connectivity index (χ0) is 12.1. The molecule has 0 rings (SSSR count). The third-order valence-electron chi connectivity index (χ3n) is 3.03. The Bertz CT molecular complexity index is 181. The van der Waals surface area contributed by atoms with Crippen molar-refractivity contribution >= 4 is 0 Å². The zero-order valence-corrected chi connectivity index (χ0v) is 11.3. The van der Waals surface area contributed by atoms with Crippen molar-refractivity contribution in [2.24, 2.45) is 5.92 Å². The van der Waals surface area contributed by atoms with Crippen LogP contribution in [0.4, 0.5) is 0 Å². The molecule has 0 aliphatic rings. The van der Waals surface area contributed by atoms with E-state index in [1.54, 1.807) is 0 Å². The second kappa shape index (κ2) is 6.29. The van der Waals surface area contributed by atoms with Crippen LogP contribution in [0.5, 0.6) is 0 Å². The summed E-state index contributed by atoms with van der Waals surface area (Å²) in [4.78, 5) is 2.50. The van der Waals surface area contributed by atoms with Gasteiger partial charge in [0.05, 0.1) is 0 Å². The first-order chi connectivity index (χ1) is 6.84. The van der Waals surface area contributed by atoms with E-state index in [1.165, 1.54) is 0 Å². The Kier molecular flexibility index (Phi) is 6.15. The first kappa shape index (κ1) is 14.7. The van der Waals surface area contributed by atoms with Crippen LogP contribution in [0.1, 0.15) is 34.6 Å². The Balaban J connectivity index is 4.54. The largest absolute Gasteiger partial charge is 0.319 e. The van der Waals surface area contributed by atoms with E-state index in [2.05, 4.69) is 51.4 Å². The molecule has 2 unspecified atom stereocenters. The second-order valence-corrected chi connectivity index (χ2v) is 5.39. The predicted octanol–water partition coefficient (Wildman–Crippen LogP) is 2.52. The summed E-state index contributed by atoms with van der Waals surface area (Å²) in [6.07, 6.45) is 1.99. The van der Waals surface area contributed by atoms with Crippen molar-refractivity contribution in [1.29, 1.82) is 0 Å². The summed E-state index contributed by atoms with van der Waals surface area (Å²) in [5.74, 6) is 0.647. The summed E-state index contributed by atoms with van der Waals surface area (Å²) >= 11 is 0. The van der Waals surface area contributed by atoms with Crippen molar-refractivity contribution in [3.05, 3.63) is 12.7 Å². The van der Waals surface area contributed by atoms with Crippen LogP contribution in [-0.2, 0) is 0 Å². The summed E-state index contributed by atoms with van der Waals surface area (Å²) in [5, 5.41) is 3.24. The van der Waals surface area contributed by atoms with Crippen LogP contribution in [0, 0.1) is 5.92 Å². The molecule has 2 nitrogen and oxygen atoms in total. The summed E-state index contributed by atoms with van der Waals surface area (Å²) in [6.45, 7) is 17.2. The Morgan fingerprint density at radius 3 is 2.20 bits per heavy atom. The minimum Gasteiger partial charge on any atom is -0.319 e. The molecule has 0 spiro atoms. The fourth-order valence-electron chi connectivity index (χ4n) is 1.99. The molecule has 0 aliphatic heterocycles. The highest BCUT2D eigenvalue weighted by atomic mass is 15.2. The van der Waals surface area contributed by atoms with Crippen LogP contribution in [0.15, 0.2) is 12.7 Å². The normalized spacial score (nSPS) is 16.5. The van der Waals surface area contributed by atoms with Gasteiger partial charge in [-0.25, -0.2) is 0 Å². The van der Waals surface area contributed by atoms with Gasteiger partial charge in [-0.2, -0.15) is 0 Å². The van der Waals surface area contributed by atoms with E-state index in [4.69, 9.17) is 0 Å². The highest BCUT2D eigenvalue weighted by Crippen LogP contribution is 2.21. The zero-order valence-electron chi connectivity index (χ0n) is 11.3. The number of hydrogen-bond donors (Lipinski definition) is 1. The average molecular weight is 212 g/mol. The summed E-state index contributed by atoms with van der Waals surface area (Å²) in [5.41, 5.74) is 0.204. The van der Waals surface area contributed by atoms with Gasteiger partial charge >= 0.3 is 0 Å². The van der Waals surface area contributed by atoms with Gasteiger partial charge in [-0.15, -0.1) is 6.58 Å². The van der Waals surface area contributed by atoms with Crippen molar-refractivity contribution in [3.63, 3.8) is 0 Å². The molecule has 2 heteroatoms. The third-order valence-corrected chi connectivity index (χ3v) is 3.03. The average Bonchev–Trinajstić information content (AvgIpc) is 2.11. The van der Waals surface area contributed by atoms with Gasteiger partial charge < -0.3 is 5.32 Å². The minimum atomic E-state index is 0.204. The Hall–Kier alpha value is -0.340. The number of rotatable bonds is 6. The van der Waals surface area contributed by atoms with Gasteiger partial charge in [0.2, 0.25) is 0 Å². The second-order valence-electron chi connectivity index (χ2n) is 5.39. The molecule has 90 valence electrons. The molecule has 15 heavy (non-hydrogen) atoms. The van der Waals surface area contributed by atoms with Crippen molar-refractivity contribution < 1.29 is 0 Å². The number of nitrogens with one attached hydrogen (secondary N) is 1. The molecule has 0 heterocycles. The van der Waals surface area contributed by atoms with Crippen LogP contribution >= 0.6 is 0 Å². The molecule has 0 radical (unpaired) electrons. The standard InChI is InChI=1S/C13H28N2/c1-8-9-15(13(4,5)6)12(3)11(2)10-14-7/h8,11-12,14H,1,9-10H2,2-7H3. The lowest BCUT2D eigenvalue weighted by atomic mass is 9.95. The molecule has 1 N–H and O–H groups in total. The summed E-state index contributed by atoms with van der Waals surface area (Å²) in [7, 11) is 2.01. The maximum Gasteiger partial charge on any atom is 0.0168 e. The molecule has 0 bridgehead atoms. The Morgan fingerprint density at radius 1 is 1.33 bits per heavy atom. The molecule has 0 amide bonds. The molecule has 0 aromatic carbocycles. The molecule has 2 atom stereocenters. The SMILES string of the molecule is C=CCN(C(C)C(C)CNC)C(C)(C)C. The predicted molar refractivity (Wildman–Crippen MR) is 69.2 cm³/mol. The molecular formula is C13H28N2. The van der Waals surface area contributed by atoms with Crippen LogP contribution in [-0.4, -0.2) is 36.6 Å². The lowest BCUT2D eigenvalue weighted by Crippen LogP contribution is -2.50. The lowest BCUT2D eigenvalue weighted by molar-refractivity contribution is 0.0761. The minimum absolute atomic E-state index is 0.204. The third kappa shape index (κ3) is 4.80. The maximum absolute atomic E-state index is 3.84. The van der Waals surface area contributed by atoms with E-state index in [0.717, 1.165) is 13.1 Å². The number of hydrogen-bond acceptors (Lipinski definition) is 2. The molecule has 0 saturated heterocycles. The van der Waals surface area contributed by atoms with Gasteiger partial charge in [-0.3, -0.25) is 4.90 Å². The smallest absolute Gasteiger partial charge is 0.0168 e. The van der Waals surface area contributed by atoms with Gasteiger partial charge in [0.1, 0.15) is 0 Å². The highest BCUT2D eigenvalue weighted by molar-refractivity contribution is 4.88. The molecular weight excluding hydrogens is 184 g/mol. The molecule has 0 aliphatic carbocycles. The van der Waals surface area contributed by atoms with Gasteiger partial charge in [-0.05, 0) is 47.2 Å². The summed E-state index contributed by atoms with van der Waals surface area (Å²) in [6, 6.07) is 0.565. The van der Waals surface area contributed by atoms with Gasteiger partial charge in [-0.1, -0.05) is 13.0 Å². The van der Waals surface area contributed by atoms with Crippen molar-refractivity contribution in [3.8, 4) is 0 Å². The van der Waals surface area contributed by atoms with Crippen LogP contribution in [0.25, 0.3) is 0 Å². The monoisotopic (exact) mass is 212 g/mol. The van der Waals surface area contributed by atoms with Gasteiger partial charge in [0.25, 0.3) is 0 Å². The van der Waals surface area contributed by atoms with Crippen molar-refractivity contribution in [1.82, 2.24) is 10.2 Å². The first-order valence-corrected chi connectivity index (χ1v) is 5.86. The Labute approximate surface area is 95.7 Å². The van der Waals surface area contributed by atoms with E-state index >= 15 is 0 Å². The fourth-order valence-corrected chi connectivity index (χ4v) is 1.99. The first-order valence-electron chi connectivity index (χ1n) is 5.86. The summed E-state index contributed by atoms with van der Waals surface area (Å²) < 4.78 is 0. The van der Waals surface area contributed by atoms with Crippen LogP contribution < -0.4 is 5.32 Å². The molecule has 0 aromatic rings. The van der Waals surface area contributed by atoms with E-state index in [-0.39, 0.29) is 5.54 Å². The van der Waals surface area contributed by atoms with Crippen LogP contribution in [0.3, 0.4) is 0 Å². The molecule has 0 fully saturated rings. The van der Waals surface area contributed by atoms with Crippen molar-refractivity contribution in [2.45, 2.75) is 46.2 Å². The van der Waals surface area contributed by atoms with Crippen LogP contribution in [0.2, 0.25) is 0 Å². The molecule has 0 saturated carbocycles. The maximum atomic E-state index is 3.84.